The minimum absolute atomic E-state index is 0.933. The van der Waals surface area contributed by atoms with Gasteiger partial charge in [-0.2, -0.15) is 0 Å². The highest BCUT2D eigenvalue weighted by atomic mass is 16.5. The van der Waals surface area contributed by atoms with Gasteiger partial charge in [-0.1, -0.05) is 0 Å². The molecule has 0 aliphatic rings. The van der Waals surface area contributed by atoms with E-state index in [1.807, 2.05) is 26.1 Å². The Morgan fingerprint density at radius 3 is 2.64 bits per heavy atom. The molecule has 3 nitrogen and oxygen atoms in total. The minimum Gasteiger partial charge on any atom is -0.496 e. The summed E-state index contributed by atoms with van der Waals surface area (Å²) in [6.45, 7) is 3.94. The maximum Gasteiger partial charge on any atom is 0.121 e. The Bertz CT molecular complexity index is 287. The number of benzene rings is 1. The number of aryl methyl sites for hydroxylation is 1. The zero-order valence-corrected chi connectivity index (χ0v) is 9.05. The summed E-state index contributed by atoms with van der Waals surface area (Å²) in [5, 5.41) is 6.41. The van der Waals surface area contributed by atoms with Crippen LogP contribution in [0.1, 0.15) is 5.56 Å². The summed E-state index contributed by atoms with van der Waals surface area (Å²) >= 11 is 0. The van der Waals surface area contributed by atoms with E-state index in [2.05, 4.69) is 16.7 Å². The predicted octanol–water partition coefficient (Wildman–Crippen LogP) is 1.63. The highest BCUT2D eigenvalue weighted by Crippen LogP contribution is 2.20. The summed E-state index contributed by atoms with van der Waals surface area (Å²) in [5.74, 6) is 0.934. The Morgan fingerprint density at radius 1 is 1.29 bits per heavy atom. The minimum atomic E-state index is 0.933. The third-order valence-corrected chi connectivity index (χ3v) is 2.10. The lowest BCUT2D eigenvalue weighted by Crippen LogP contribution is -2.17. The van der Waals surface area contributed by atoms with E-state index >= 15 is 0 Å². The lowest BCUT2D eigenvalue weighted by molar-refractivity contribution is 0.412. The van der Waals surface area contributed by atoms with Crippen molar-refractivity contribution in [3.05, 3.63) is 23.8 Å². The van der Waals surface area contributed by atoms with Gasteiger partial charge in [0.15, 0.2) is 0 Å². The maximum atomic E-state index is 5.19. The molecule has 78 valence electrons. The first-order valence-electron chi connectivity index (χ1n) is 4.81. The van der Waals surface area contributed by atoms with Crippen LogP contribution in [0.5, 0.6) is 5.75 Å². The van der Waals surface area contributed by atoms with Crippen LogP contribution in [0.2, 0.25) is 0 Å². The Hall–Kier alpha value is -1.22. The monoisotopic (exact) mass is 194 g/mol. The average Bonchev–Trinajstić information content (AvgIpc) is 2.18. The molecular formula is C11H18N2O. The summed E-state index contributed by atoms with van der Waals surface area (Å²) in [6.07, 6.45) is 0. The van der Waals surface area contributed by atoms with Crippen LogP contribution < -0.4 is 15.4 Å². The molecular weight excluding hydrogens is 176 g/mol. The first-order valence-corrected chi connectivity index (χ1v) is 4.81. The van der Waals surface area contributed by atoms with Gasteiger partial charge >= 0.3 is 0 Å². The van der Waals surface area contributed by atoms with Crippen LogP contribution in [-0.4, -0.2) is 27.2 Å². The first-order chi connectivity index (χ1) is 6.77. The van der Waals surface area contributed by atoms with Crippen LogP contribution in [0, 0.1) is 6.92 Å². The van der Waals surface area contributed by atoms with Crippen molar-refractivity contribution in [2.45, 2.75) is 6.92 Å². The van der Waals surface area contributed by atoms with E-state index in [9.17, 15) is 0 Å². The molecule has 0 fully saturated rings. The maximum absolute atomic E-state index is 5.19. The molecule has 0 radical (unpaired) electrons. The molecule has 0 heterocycles. The second-order valence-corrected chi connectivity index (χ2v) is 3.21. The zero-order chi connectivity index (χ0) is 10.4. The molecule has 1 aromatic rings. The molecule has 0 unspecified atom stereocenters. The van der Waals surface area contributed by atoms with Crippen LogP contribution in [0.15, 0.2) is 18.2 Å². The number of rotatable bonds is 5. The number of anilines is 1. The van der Waals surface area contributed by atoms with E-state index in [0.29, 0.717) is 0 Å². The fourth-order valence-electron chi connectivity index (χ4n) is 1.32. The molecule has 0 atom stereocenters. The fourth-order valence-corrected chi connectivity index (χ4v) is 1.32. The third-order valence-electron chi connectivity index (χ3n) is 2.10. The molecule has 1 aromatic carbocycles. The SMILES string of the molecule is CNCCNc1ccc(OC)c(C)c1. The van der Waals surface area contributed by atoms with Gasteiger partial charge in [-0.3, -0.25) is 0 Å². The van der Waals surface area contributed by atoms with E-state index in [0.717, 1.165) is 30.1 Å². The Labute approximate surface area is 85.5 Å². The molecule has 1 rings (SSSR count). The molecule has 0 saturated heterocycles. The molecule has 0 aliphatic carbocycles. The van der Waals surface area contributed by atoms with Crippen LogP contribution in [0.25, 0.3) is 0 Å². The largest absolute Gasteiger partial charge is 0.496 e. The van der Waals surface area contributed by atoms with Crippen molar-refractivity contribution < 1.29 is 4.74 Å². The predicted molar refractivity (Wildman–Crippen MR) is 60.1 cm³/mol. The van der Waals surface area contributed by atoms with Crippen molar-refractivity contribution in [3.63, 3.8) is 0 Å². The van der Waals surface area contributed by atoms with E-state index < -0.39 is 0 Å². The second kappa shape index (κ2) is 5.50. The van der Waals surface area contributed by atoms with E-state index in [-0.39, 0.29) is 0 Å². The van der Waals surface area contributed by atoms with Crippen molar-refractivity contribution in [2.24, 2.45) is 0 Å². The van der Waals surface area contributed by atoms with Crippen LogP contribution >= 0.6 is 0 Å². The van der Waals surface area contributed by atoms with Crippen molar-refractivity contribution in [1.29, 1.82) is 0 Å². The standard InChI is InChI=1S/C11H18N2O/c1-9-8-10(13-7-6-12-2)4-5-11(9)14-3/h4-5,8,12-13H,6-7H2,1-3H3. The number of nitrogens with one attached hydrogen (secondary N) is 2. The number of ether oxygens (including phenoxy) is 1. The summed E-state index contributed by atoms with van der Waals surface area (Å²) in [5.41, 5.74) is 2.29. The molecule has 0 spiro atoms. The van der Waals surface area contributed by atoms with Crippen LogP contribution in [0.3, 0.4) is 0 Å². The van der Waals surface area contributed by atoms with Crippen molar-refractivity contribution >= 4 is 5.69 Å². The fraction of sp³-hybridized carbons (Fsp3) is 0.455. The third kappa shape index (κ3) is 2.92. The molecule has 0 amide bonds. The van der Waals surface area contributed by atoms with Crippen molar-refractivity contribution in [3.8, 4) is 5.75 Å². The van der Waals surface area contributed by atoms with Crippen molar-refractivity contribution in [2.75, 3.05) is 32.6 Å². The molecule has 0 bridgehead atoms. The van der Waals surface area contributed by atoms with Crippen LogP contribution in [0.4, 0.5) is 5.69 Å². The number of likely N-dealkylation sites (N-methyl/N-ethyl adjacent to an activating group) is 1. The molecule has 14 heavy (non-hydrogen) atoms. The van der Waals surface area contributed by atoms with Gasteiger partial charge in [-0.25, -0.2) is 0 Å². The Balaban J connectivity index is 2.57. The Morgan fingerprint density at radius 2 is 2.07 bits per heavy atom. The van der Waals surface area contributed by atoms with Gasteiger partial charge in [0.1, 0.15) is 5.75 Å². The van der Waals surface area contributed by atoms with Crippen molar-refractivity contribution in [1.82, 2.24) is 5.32 Å². The summed E-state index contributed by atoms with van der Waals surface area (Å²) in [7, 11) is 3.64. The average molecular weight is 194 g/mol. The number of methoxy groups -OCH3 is 1. The highest BCUT2D eigenvalue weighted by molar-refractivity contribution is 5.50. The molecule has 2 N–H and O–H groups in total. The van der Waals surface area contributed by atoms with Gasteiger partial charge in [-0.15, -0.1) is 0 Å². The molecule has 3 heteroatoms. The molecule has 0 aliphatic heterocycles. The molecule has 0 saturated carbocycles. The van der Waals surface area contributed by atoms with Gasteiger partial charge in [0.25, 0.3) is 0 Å². The Kier molecular flexibility index (Phi) is 4.26. The topological polar surface area (TPSA) is 33.3 Å². The lowest BCUT2D eigenvalue weighted by atomic mass is 10.2. The first kappa shape index (κ1) is 10.9. The summed E-state index contributed by atoms with van der Waals surface area (Å²) in [4.78, 5) is 0. The van der Waals surface area contributed by atoms with E-state index in [1.165, 1.54) is 0 Å². The van der Waals surface area contributed by atoms with Gasteiger partial charge in [0, 0.05) is 18.8 Å². The van der Waals surface area contributed by atoms with Gasteiger partial charge in [-0.05, 0) is 37.7 Å². The smallest absolute Gasteiger partial charge is 0.121 e. The van der Waals surface area contributed by atoms with E-state index in [4.69, 9.17) is 4.74 Å². The lowest BCUT2D eigenvalue weighted by Gasteiger charge is -2.09. The summed E-state index contributed by atoms with van der Waals surface area (Å²) < 4.78 is 5.19. The van der Waals surface area contributed by atoms with Crippen LogP contribution in [-0.2, 0) is 0 Å². The molecule has 0 aromatic heterocycles. The van der Waals surface area contributed by atoms with Gasteiger partial charge < -0.3 is 15.4 Å². The van der Waals surface area contributed by atoms with Gasteiger partial charge in [0.05, 0.1) is 7.11 Å². The highest BCUT2D eigenvalue weighted by Gasteiger charge is 1.98. The normalized spacial score (nSPS) is 9.93. The zero-order valence-electron chi connectivity index (χ0n) is 9.05. The number of hydrogen-bond donors (Lipinski definition) is 2. The summed E-state index contributed by atoms with van der Waals surface area (Å²) in [6, 6.07) is 6.10. The van der Waals surface area contributed by atoms with E-state index in [1.54, 1.807) is 7.11 Å². The second-order valence-electron chi connectivity index (χ2n) is 3.21. The number of hydrogen-bond acceptors (Lipinski definition) is 3. The quantitative estimate of drug-likeness (QED) is 0.699. The van der Waals surface area contributed by atoms with Gasteiger partial charge in [0.2, 0.25) is 0 Å².